The molecule has 0 aromatic heterocycles. The average Bonchev–Trinajstić information content (AvgIpc) is 3.35. The molecule has 148 valence electrons. The first-order chi connectivity index (χ1) is 13.1. The summed E-state index contributed by atoms with van der Waals surface area (Å²) < 4.78 is 10.8. The molecule has 4 rings (SSSR count). The Kier molecular flexibility index (Phi) is 5.28. The third-order valence-corrected chi connectivity index (χ3v) is 6.64. The van der Waals surface area contributed by atoms with E-state index in [0.29, 0.717) is 35.4 Å². The van der Waals surface area contributed by atoms with Gasteiger partial charge in [-0.15, -0.1) is 0 Å². The van der Waals surface area contributed by atoms with Gasteiger partial charge in [-0.1, -0.05) is 6.07 Å². The van der Waals surface area contributed by atoms with Crippen molar-refractivity contribution in [2.24, 2.45) is 11.8 Å². The van der Waals surface area contributed by atoms with Crippen LogP contribution in [0.1, 0.15) is 36.0 Å². The van der Waals surface area contributed by atoms with Crippen LogP contribution in [0.4, 0.5) is 0 Å². The summed E-state index contributed by atoms with van der Waals surface area (Å²) in [4.78, 5) is 17.6. The average molecular weight is 374 g/mol. The molecule has 0 bridgehead atoms. The third-order valence-electron chi connectivity index (χ3n) is 6.64. The van der Waals surface area contributed by atoms with E-state index in [0.717, 1.165) is 32.5 Å². The standard InChI is InChI=1S/C21H30N2O4/c1-26-19-7-5-6-16(20(19)27-2)21(25)23-12-14-10-17(22-8-3-4-9-22)18(24)11-15(14)13-23/h5-7,14-15,17-18,24H,3-4,8-13H2,1-2H3/t14-,15+,17-,18-/m1/s1. The molecule has 6 nitrogen and oxygen atoms in total. The maximum absolute atomic E-state index is 13.2. The Morgan fingerprint density at radius 3 is 2.44 bits per heavy atom. The number of aliphatic hydroxyl groups excluding tert-OH is 1. The first-order valence-electron chi connectivity index (χ1n) is 10.0. The van der Waals surface area contributed by atoms with Crippen molar-refractivity contribution in [3.05, 3.63) is 23.8 Å². The van der Waals surface area contributed by atoms with Gasteiger partial charge in [-0.25, -0.2) is 0 Å². The Bertz CT molecular complexity index is 689. The predicted octanol–water partition coefficient (Wildman–Crippen LogP) is 2.01. The summed E-state index contributed by atoms with van der Waals surface area (Å²) in [6.45, 7) is 3.68. The topological polar surface area (TPSA) is 62.2 Å². The highest BCUT2D eigenvalue weighted by Gasteiger charge is 2.45. The van der Waals surface area contributed by atoms with Gasteiger partial charge in [0, 0.05) is 19.1 Å². The molecular formula is C21H30N2O4. The zero-order valence-corrected chi connectivity index (χ0v) is 16.3. The SMILES string of the molecule is COc1cccc(C(=O)N2C[C@H]3C[C@@H](N4CCCC4)[C@H](O)C[C@H]3C2)c1OC. The van der Waals surface area contributed by atoms with Gasteiger partial charge in [0.05, 0.1) is 25.9 Å². The van der Waals surface area contributed by atoms with Gasteiger partial charge in [-0.05, 0) is 62.7 Å². The zero-order chi connectivity index (χ0) is 19.0. The summed E-state index contributed by atoms with van der Waals surface area (Å²) in [7, 11) is 3.14. The Labute approximate surface area is 161 Å². The van der Waals surface area contributed by atoms with Crippen LogP contribution in [0.15, 0.2) is 18.2 Å². The van der Waals surface area contributed by atoms with Gasteiger partial charge in [0.25, 0.3) is 5.91 Å². The van der Waals surface area contributed by atoms with Gasteiger partial charge < -0.3 is 19.5 Å². The molecule has 1 amide bonds. The van der Waals surface area contributed by atoms with Crippen molar-refractivity contribution in [2.75, 3.05) is 40.4 Å². The van der Waals surface area contributed by atoms with Crippen LogP contribution in [0, 0.1) is 11.8 Å². The Balaban J connectivity index is 1.49. The highest BCUT2D eigenvalue weighted by Crippen LogP contribution is 2.40. The fraction of sp³-hybridized carbons (Fsp3) is 0.667. The number of hydrogen-bond acceptors (Lipinski definition) is 5. The summed E-state index contributed by atoms with van der Waals surface area (Å²) in [5.74, 6) is 1.92. The van der Waals surface area contributed by atoms with E-state index in [1.54, 1.807) is 26.4 Å². The second kappa shape index (κ2) is 7.68. The highest BCUT2D eigenvalue weighted by molar-refractivity contribution is 5.98. The van der Waals surface area contributed by atoms with Crippen molar-refractivity contribution in [1.82, 2.24) is 9.80 Å². The second-order valence-electron chi connectivity index (χ2n) is 8.12. The van der Waals surface area contributed by atoms with Crippen molar-refractivity contribution in [2.45, 2.75) is 37.8 Å². The van der Waals surface area contributed by atoms with Gasteiger partial charge in [-0.2, -0.15) is 0 Å². The van der Waals surface area contributed by atoms with Crippen LogP contribution < -0.4 is 9.47 Å². The number of methoxy groups -OCH3 is 2. The van der Waals surface area contributed by atoms with Crippen LogP contribution in [-0.4, -0.2) is 73.4 Å². The van der Waals surface area contributed by atoms with E-state index >= 15 is 0 Å². The molecule has 1 aliphatic carbocycles. The van der Waals surface area contributed by atoms with Crippen LogP contribution >= 0.6 is 0 Å². The lowest BCUT2D eigenvalue weighted by atomic mass is 9.77. The quantitative estimate of drug-likeness (QED) is 0.874. The Hall–Kier alpha value is -1.79. The minimum atomic E-state index is -0.272. The lowest BCUT2D eigenvalue weighted by Crippen LogP contribution is -2.48. The monoisotopic (exact) mass is 374 g/mol. The number of aliphatic hydroxyl groups is 1. The number of nitrogens with zero attached hydrogens (tertiary/aromatic N) is 2. The molecule has 1 aromatic rings. The molecule has 1 aromatic carbocycles. The lowest BCUT2D eigenvalue weighted by Gasteiger charge is -2.40. The molecule has 0 radical (unpaired) electrons. The molecule has 1 N–H and O–H groups in total. The normalized spacial score (nSPS) is 31.0. The number of amides is 1. The number of likely N-dealkylation sites (tertiary alicyclic amines) is 2. The van der Waals surface area contributed by atoms with Gasteiger partial charge in [0.2, 0.25) is 0 Å². The minimum absolute atomic E-state index is 0.00707. The molecule has 1 saturated carbocycles. The van der Waals surface area contributed by atoms with E-state index in [1.165, 1.54) is 12.8 Å². The Morgan fingerprint density at radius 2 is 1.78 bits per heavy atom. The molecule has 3 aliphatic rings. The number of fused-ring (bicyclic) bond motifs is 1. The molecule has 2 aliphatic heterocycles. The smallest absolute Gasteiger partial charge is 0.257 e. The lowest BCUT2D eigenvalue weighted by molar-refractivity contribution is -0.000865. The van der Waals surface area contributed by atoms with Gasteiger partial charge in [0.15, 0.2) is 11.5 Å². The van der Waals surface area contributed by atoms with Crippen molar-refractivity contribution < 1.29 is 19.4 Å². The second-order valence-corrected chi connectivity index (χ2v) is 8.12. The first kappa shape index (κ1) is 18.6. The molecule has 3 fully saturated rings. The molecular weight excluding hydrogens is 344 g/mol. The number of rotatable bonds is 4. The van der Waals surface area contributed by atoms with E-state index in [9.17, 15) is 9.90 Å². The van der Waals surface area contributed by atoms with Crippen LogP contribution in [0.25, 0.3) is 0 Å². The first-order valence-corrected chi connectivity index (χ1v) is 10.0. The van der Waals surface area contributed by atoms with Gasteiger partial charge in [-0.3, -0.25) is 9.69 Å². The number of benzene rings is 1. The Morgan fingerprint density at radius 1 is 1.07 bits per heavy atom. The van der Waals surface area contributed by atoms with Crippen molar-refractivity contribution in [3.63, 3.8) is 0 Å². The van der Waals surface area contributed by atoms with E-state index < -0.39 is 0 Å². The van der Waals surface area contributed by atoms with E-state index in [1.807, 2.05) is 11.0 Å². The maximum Gasteiger partial charge on any atom is 0.257 e. The third kappa shape index (κ3) is 3.41. The van der Waals surface area contributed by atoms with Gasteiger partial charge in [0.1, 0.15) is 0 Å². The molecule has 2 heterocycles. The fourth-order valence-electron chi connectivity index (χ4n) is 5.26. The summed E-state index contributed by atoms with van der Waals surface area (Å²) in [6, 6.07) is 5.68. The highest BCUT2D eigenvalue weighted by atomic mass is 16.5. The summed E-state index contributed by atoms with van der Waals surface area (Å²) in [5, 5.41) is 10.7. The van der Waals surface area contributed by atoms with Crippen molar-refractivity contribution in [1.29, 1.82) is 0 Å². The molecule has 27 heavy (non-hydrogen) atoms. The van der Waals surface area contributed by atoms with Crippen molar-refractivity contribution >= 4 is 5.91 Å². The van der Waals surface area contributed by atoms with Crippen molar-refractivity contribution in [3.8, 4) is 11.5 Å². The molecule has 0 unspecified atom stereocenters. The molecule has 4 atom stereocenters. The minimum Gasteiger partial charge on any atom is -0.493 e. The summed E-state index contributed by atoms with van der Waals surface area (Å²) in [5.41, 5.74) is 0.548. The van der Waals surface area contributed by atoms with E-state index in [2.05, 4.69) is 4.90 Å². The number of para-hydroxylation sites is 1. The van der Waals surface area contributed by atoms with Crippen LogP contribution in [0.2, 0.25) is 0 Å². The summed E-state index contributed by atoms with van der Waals surface area (Å²) in [6.07, 6.45) is 3.98. The fourth-order valence-corrected chi connectivity index (χ4v) is 5.26. The van der Waals surface area contributed by atoms with Crippen LogP contribution in [-0.2, 0) is 0 Å². The number of carbonyl (C=O) groups excluding carboxylic acids is 1. The predicted molar refractivity (Wildman–Crippen MR) is 102 cm³/mol. The van der Waals surface area contributed by atoms with E-state index in [4.69, 9.17) is 9.47 Å². The molecule has 6 heteroatoms. The molecule has 0 spiro atoms. The van der Waals surface area contributed by atoms with Gasteiger partial charge >= 0.3 is 0 Å². The zero-order valence-electron chi connectivity index (χ0n) is 16.3. The number of carbonyl (C=O) groups is 1. The van der Waals surface area contributed by atoms with E-state index in [-0.39, 0.29) is 18.1 Å². The number of hydrogen-bond donors (Lipinski definition) is 1. The maximum atomic E-state index is 13.2. The largest absolute Gasteiger partial charge is 0.493 e. The number of ether oxygens (including phenoxy) is 2. The van der Waals surface area contributed by atoms with Crippen LogP contribution in [0.5, 0.6) is 11.5 Å². The molecule has 2 saturated heterocycles. The summed E-state index contributed by atoms with van der Waals surface area (Å²) >= 11 is 0. The van der Waals surface area contributed by atoms with Crippen LogP contribution in [0.3, 0.4) is 0 Å².